The molecule has 11 nitrogen and oxygen atoms in total. The summed E-state index contributed by atoms with van der Waals surface area (Å²) >= 11 is 0. The molecule has 2 bridgehead atoms. The molecule has 0 amide bonds. The molecule has 0 spiro atoms. The molecule has 4 aliphatic rings. The van der Waals surface area contributed by atoms with Crippen LogP contribution in [0.5, 0.6) is 5.75 Å². The van der Waals surface area contributed by atoms with Gasteiger partial charge in [-0.25, -0.2) is 9.59 Å². The molecule has 3 aliphatic heterocycles. The Balaban J connectivity index is 1.24. The Morgan fingerprint density at radius 1 is 0.862 bits per heavy atom. The first-order chi connectivity index (χ1) is 31.4. The van der Waals surface area contributed by atoms with Crippen LogP contribution in [-0.4, -0.2) is 65.9 Å². The smallest absolute Gasteiger partial charge is 0.340 e. The highest BCUT2D eigenvalue weighted by Gasteiger charge is 2.51. The molecular formula is C54H58O11. The number of benzene rings is 4. The van der Waals surface area contributed by atoms with Crippen molar-refractivity contribution in [3.05, 3.63) is 169 Å². The van der Waals surface area contributed by atoms with Crippen LogP contribution in [-0.2, 0) is 43.2 Å². The van der Waals surface area contributed by atoms with Crippen molar-refractivity contribution in [1.82, 2.24) is 0 Å². The standard InChI is InChI=1S/C54H58O11/c1-32(29-56)41-19-15-33-13-16-36(17-14-33)42-20-18-38(37-12-8-11-35(26-37)25-34-9-6-5-7-10-34)27-40(42)28-46(58)62-50-48-45(65-54(2,3)51(50)64-52(41)59)22-21-43-44(30-57)47(53(60)63-49(43)48)39(23-24-55)31-61-4/h5-14,16-18,20-22,26,38-40,42,50-51,55-57H,15,19,23-25,27-31H2,1-4H3. The van der Waals surface area contributed by atoms with Crippen molar-refractivity contribution in [2.75, 3.05) is 26.9 Å². The summed E-state index contributed by atoms with van der Waals surface area (Å²) in [7, 11) is 1.49. The van der Waals surface area contributed by atoms with E-state index in [9.17, 15) is 29.7 Å². The summed E-state index contributed by atoms with van der Waals surface area (Å²) < 4.78 is 31.1. The number of allylic oxidation sites excluding steroid dienone is 2. The van der Waals surface area contributed by atoms with E-state index in [4.69, 9.17) is 23.4 Å². The van der Waals surface area contributed by atoms with Crippen LogP contribution in [0.1, 0.15) is 115 Å². The Morgan fingerprint density at radius 2 is 1.63 bits per heavy atom. The van der Waals surface area contributed by atoms with E-state index in [0.29, 0.717) is 23.8 Å². The van der Waals surface area contributed by atoms with Crippen LogP contribution >= 0.6 is 0 Å². The predicted octanol–water partition coefficient (Wildman–Crippen LogP) is 8.44. The number of carbonyl (C=O) groups excluding carboxylic acids is 2. The summed E-state index contributed by atoms with van der Waals surface area (Å²) in [6.45, 7) is 4.10. The number of methoxy groups -OCH3 is 1. The first-order valence-electron chi connectivity index (χ1n) is 22.5. The molecule has 4 aromatic carbocycles. The third-order valence-electron chi connectivity index (χ3n) is 13.4. The predicted molar refractivity (Wildman–Crippen MR) is 246 cm³/mol. The van der Waals surface area contributed by atoms with Crippen LogP contribution in [0.25, 0.3) is 11.0 Å². The van der Waals surface area contributed by atoms with Gasteiger partial charge in [-0.15, -0.1) is 0 Å². The van der Waals surface area contributed by atoms with Crippen molar-refractivity contribution in [3.8, 4) is 5.75 Å². The summed E-state index contributed by atoms with van der Waals surface area (Å²) in [5.41, 5.74) is 4.97. The Morgan fingerprint density at radius 3 is 2.35 bits per heavy atom. The van der Waals surface area contributed by atoms with Crippen molar-refractivity contribution in [3.63, 3.8) is 0 Å². The largest absolute Gasteiger partial charge is 0.483 e. The number of aliphatic hydroxyl groups is 3. The normalized spacial score (nSPS) is 23.1. The van der Waals surface area contributed by atoms with Crippen LogP contribution in [0.3, 0.4) is 0 Å². The monoisotopic (exact) mass is 882 g/mol. The van der Waals surface area contributed by atoms with Gasteiger partial charge in [0.05, 0.1) is 25.4 Å². The zero-order chi connectivity index (χ0) is 45.8. The minimum absolute atomic E-state index is 0.0139. The van der Waals surface area contributed by atoms with Gasteiger partial charge in [0.15, 0.2) is 12.2 Å². The zero-order valence-electron chi connectivity index (χ0n) is 37.5. The molecule has 1 aliphatic carbocycles. The second-order valence-electron chi connectivity index (χ2n) is 18.2. The van der Waals surface area contributed by atoms with E-state index in [1.807, 2.05) is 18.2 Å². The zero-order valence-corrected chi connectivity index (χ0v) is 37.5. The third-order valence-corrected chi connectivity index (χ3v) is 13.4. The molecule has 65 heavy (non-hydrogen) atoms. The van der Waals surface area contributed by atoms with Gasteiger partial charge in [-0.2, -0.15) is 0 Å². The van der Waals surface area contributed by atoms with Gasteiger partial charge in [0.2, 0.25) is 0 Å². The molecule has 5 aromatic rings. The fourth-order valence-electron chi connectivity index (χ4n) is 10.1. The average molecular weight is 883 g/mol. The number of carbonyl (C=O) groups is 2. The third kappa shape index (κ3) is 9.61. The Kier molecular flexibility index (Phi) is 13.9. The average Bonchev–Trinajstić information content (AvgIpc) is 3.29. The second-order valence-corrected chi connectivity index (χ2v) is 18.2. The van der Waals surface area contributed by atoms with E-state index in [-0.39, 0.29) is 90.4 Å². The lowest BCUT2D eigenvalue weighted by molar-refractivity contribution is -0.188. The van der Waals surface area contributed by atoms with Gasteiger partial charge < -0.3 is 38.7 Å². The molecular weight excluding hydrogens is 825 g/mol. The van der Waals surface area contributed by atoms with E-state index in [1.165, 1.54) is 18.2 Å². The quantitative estimate of drug-likeness (QED) is 0.0534. The molecule has 9 rings (SSSR count). The van der Waals surface area contributed by atoms with Crippen LogP contribution in [0.2, 0.25) is 0 Å². The molecule has 0 saturated heterocycles. The van der Waals surface area contributed by atoms with Gasteiger partial charge in [0, 0.05) is 54.4 Å². The number of aryl methyl sites for hydroxylation is 1. The lowest BCUT2D eigenvalue weighted by atomic mass is 9.72. The molecule has 0 radical (unpaired) electrons. The molecule has 340 valence electrons. The van der Waals surface area contributed by atoms with Gasteiger partial charge in [0.1, 0.15) is 16.9 Å². The molecule has 6 atom stereocenters. The first kappa shape index (κ1) is 45.7. The number of hydrogen-bond acceptors (Lipinski definition) is 11. The lowest BCUT2D eigenvalue weighted by Crippen LogP contribution is -2.52. The number of hydrogen-bond donors (Lipinski definition) is 3. The fourth-order valence-corrected chi connectivity index (χ4v) is 10.1. The van der Waals surface area contributed by atoms with E-state index >= 15 is 0 Å². The SMILES string of the molecule is COCC(CCO)c1c(CO)c2ccc3c(c2oc1=O)C1OC(=O)CC2CC(c4cccc(Cc5ccccc5)c4)C=CC2c2ccc(cc2)CCC(=C(C)CO)C(=O)OC1C(C)(C)O3. The van der Waals surface area contributed by atoms with E-state index < -0.39 is 47.9 Å². The van der Waals surface area contributed by atoms with Gasteiger partial charge in [0.25, 0.3) is 0 Å². The van der Waals surface area contributed by atoms with Crippen molar-refractivity contribution in [2.45, 2.75) is 101 Å². The topological polar surface area (TPSA) is 162 Å². The van der Waals surface area contributed by atoms with E-state index in [1.54, 1.807) is 32.9 Å². The summed E-state index contributed by atoms with van der Waals surface area (Å²) in [4.78, 5) is 43.3. The maximum Gasteiger partial charge on any atom is 0.340 e. The highest BCUT2D eigenvalue weighted by molar-refractivity contribution is 5.90. The minimum atomic E-state index is -1.33. The van der Waals surface area contributed by atoms with E-state index in [2.05, 4.69) is 72.8 Å². The maximum atomic E-state index is 14.8. The molecule has 4 heterocycles. The van der Waals surface area contributed by atoms with Gasteiger partial charge in [-0.05, 0) is 110 Å². The van der Waals surface area contributed by atoms with Gasteiger partial charge >= 0.3 is 17.6 Å². The summed E-state index contributed by atoms with van der Waals surface area (Å²) in [5.74, 6) is -1.86. The number of fused-ring (bicyclic) bond motifs is 11. The molecule has 3 N–H and O–H groups in total. The molecule has 6 unspecified atom stereocenters. The van der Waals surface area contributed by atoms with Gasteiger partial charge in [-0.3, -0.25) is 4.79 Å². The highest BCUT2D eigenvalue weighted by atomic mass is 16.6. The van der Waals surface area contributed by atoms with Crippen molar-refractivity contribution in [1.29, 1.82) is 0 Å². The van der Waals surface area contributed by atoms with Gasteiger partial charge in [-0.1, -0.05) is 91.0 Å². The van der Waals surface area contributed by atoms with Crippen LogP contribution in [0.4, 0.5) is 0 Å². The molecule has 0 saturated carbocycles. The number of ether oxygens (including phenoxy) is 4. The maximum absolute atomic E-state index is 14.8. The Labute approximate surface area is 379 Å². The number of rotatable bonds is 10. The first-order valence-corrected chi connectivity index (χ1v) is 22.5. The number of aliphatic hydroxyl groups excluding tert-OH is 3. The summed E-state index contributed by atoms with van der Waals surface area (Å²) in [5, 5.41) is 31.4. The molecule has 0 fully saturated rings. The van der Waals surface area contributed by atoms with Crippen LogP contribution < -0.4 is 10.4 Å². The number of esters is 2. The molecule has 1 aromatic heterocycles. The van der Waals surface area contributed by atoms with E-state index in [0.717, 1.165) is 23.1 Å². The lowest BCUT2D eigenvalue weighted by Gasteiger charge is -2.43. The van der Waals surface area contributed by atoms with Crippen molar-refractivity contribution >= 4 is 22.9 Å². The summed E-state index contributed by atoms with van der Waals surface area (Å²) in [6, 6.07) is 30.6. The Hall–Kier alpha value is -5.85. The highest BCUT2D eigenvalue weighted by Crippen LogP contribution is 2.49. The minimum Gasteiger partial charge on any atom is -0.483 e. The fraction of sp³-hybridized carbons (Fsp3) is 0.389. The second kappa shape index (κ2) is 19.7. The van der Waals surface area contributed by atoms with Crippen LogP contribution in [0, 0.1) is 5.92 Å². The van der Waals surface area contributed by atoms with Crippen molar-refractivity contribution in [2.24, 2.45) is 5.92 Å². The van der Waals surface area contributed by atoms with Crippen molar-refractivity contribution < 1.29 is 48.3 Å². The Bertz CT molecular complexity index is 2640. The van der Waals surface area contributed by atoms with Crippen LogP contribution in [0.15, 0.2) is 124 Å². The molecule has 11 heteroatoms. The summed E-state index contributed by atoms with van der Waals surface area (Å²) in [6.07, 6.45) is 4.30.